The fourth-order valence-corrected chi connectivity index (χ4v) is 0.693. The fraction of sp³-hybridized carbons (Fsp3) is 0.444. The number of rotatable bonds is 3. The first-order chi connectivity index (χ1) is 4.72. The lowest BCUT2D eigenvalue weighted by molar-refractivity contribution is 1.20. The molecule has 0 spiro atoms. The molecule has 0 saturated carbocycles. The first-order valence-electron chi connectivity index (χ1n) is 3.54. The Balaban J connectivity index is 4.19. The van der Waals surface area contributed by atoms with E-state index in [-0.39, 0.29) is 0 Å². The summed E-state index contributed by atoms with van der Waals surface area (Å²) in [6.45, 7) is 9.69. The first kappa shape index (κ1) is 9.15. The second-order valence-corrected chi connectivity index (χ2v) is 2.19. The van der Waals surface area contributed by atoms with Crippen LogP contribution in [0, 0.1) is 0 Å². The van der Waals surface area contributed by atoms with Gasteiger partial charge < -0.3 is 0 Å². The molecule has 1 nitrogen and oxygen atoms in total. The Hall–Kier alpha value is -0.850. The van der Waals surface area contributed by atoms with Crippen molar-refractivity contribution >= 4 is 5.71 Å². The van der Waals surface area contributed by atoms with E-state index in [4.69, 9.17) is 0 Å². The number of aliphatic imine (C=N–C) groups is 1. The number of hydrogen-bond acceptors (Lipinski definition) is 1. The van der Waals surface area contributed by atoms with Crippen LogP contribution in [0.3, 0.4) is 0 Å². The zero-order valence-electron chi connectivity index (χ0n) is 7.02. The summed E-state index contributed by atoms with van der Waals surface area (Å²) >= 11 is 0. The molecule has 0 aliphatic heterocycles. The minimum Gasteiger partial charge on any atom is -0.262 e. The van der Waals surface area contributed by atoms with Crippen LogP contribution in [0.5, 0.6) is 0 Å². The van der Waals surface area contributed by atoms with Gasteiger partial charge in [-0.05, 0) is 25.8 Å². The molecule has 0 aromatic heterocycles. The van der Waals surface area contributed by atoms with E-state index in [0.717, 1.165) is 12.1 Å². The smallest absolute Gasteiger partial charge is 0.0398 e. The molecular weight excluding hydrogens is 122 g/mol. The molecule has 0 saturated heterocycles. The SMILES string of the molecule is C=CN=C(C)/C(C)=C\CC. The predicted octanol–water partition coefficient (Wildman–Crippen LogP) is 2.95. The summed E-state index contributed by atoms with van der Waals surface area (Å²) in [7, 11) is 0. The molecule has 0 heterocycles. The topological polar surface area (TPSA) is 12.4 Å². The van der Waals surface area contributed by atoms with Crippen molar-refractivity contribution in [3.8, 4) is 0 Å². The quantitative estimate of drug-likeness (QED) is 0.530. The van der Waals surface area contributed by atoms with E-state index >= 15 is 0 Å². The van der Waals surface area contributed by atoms with Crippen molar-refractivity contribution in [2.24, 2.45) is 4.99 Å². The molecule has 0 atom stereocenters. The highest BCUT2D eigenvalue weighted by Crippen LogP contribution is 1.98. The molecule has 1 heteroatoms. The molecule has 56 valence electrons. The van der Waals surface area contributed by atoms with Crippen LogP contribution in [0.25, 0.3) is 0 Å². The summed E-state index contributed by atoms with van der Waals surface area (Å²) < 4.78 is 0. The molecule has 0 fully saturated rings. The van der Waals surface area contributed by atoms with Gasteiger partial charge in [0.15, 0.2) is 0 Å². The van der Waals surface area contributed by atoms with Gasteiger partial charge in [-0.15, -0.1) is 0 Å². The Labute approximate surface area is 63.2 Å². The van der Waals surface area contributed by atoms with Crippen molar-refractivity contribution in [2.75, 3.05) is 0 Å². The molecular formula is C9H15N. The summed E-state index contributed by atoms with van der Waals surface area (Å²) in [5.74, 6) is 0. The second kappa shape index (κ2) is 4.98. The average molecular weight is 137 g/mol. The van der Waals surface area contributed by atoms with Gasteiger partial charge in [-0.25, -0.2) is 0 Å². The zero-order chi connectivity index (χ0) is 7.98. The maximum Gasteiger partial charge on any atom is 0.0398 e. The summed E-state index contributed by atoms with van der Waals surface area (Å²) in [6, 6.07) is 0. The monoisotopic (exact) mass is 137 g/mol. The lowest BCUT2D eigenvalue weighted by Crippen LogP contribution is -1.91. The number of nitrogens with zero attached hydrogens (tertiary/aromatic N) is 1. The van der Waals surface area contributed by atoms with Gasteiger partial charge in [-0.2, -0.15) is 0 Å². The van der Waals surface area contributed by atoms with Crippen molar-refractivity contribution < 1.29 is 0 Å². The Morgan fingerprint density at radius 2 is 2.10 bits per heavy atom. The van der Waals surface area contributed by atoms with E-state index in [1.54, 1.807) is 6.20 Å². The lowest BCUT2D eigenvalue weighted by Gasteiger charge is -1.96. The molecule has 0 aromatic carbocycles. The van der Waals surface area contributed by atoms with Crippen LogP contribution in [-0.2, 0) is 0 Å². The van der Waals surface area contributed by atoms with Crippen LogP contribution in [-0.4, -0.2) is 5.71 Å². The van der Waals surface area contributed by atoms with Gasteiger partial charge in [0, 0.05) is 11.9 Å². The molecule has 0 N–H and O–H groups in total. The van der Waals surface area contributed by atoms with Gasteiger partial charge in [0.2, 0.25) is 0 Å². The Morgan fingerprint density at radius 3 is 2.50 bits per heavy atom. The van der Waals surface area contributed by atoms with E-state index in [1.165, 1.54) is 5.57 Å². The summed E-state index contributed by atoms with van der Waals surface area (Å²) in [6.07, 6.45) is 4.79. The van der Waals surface area contributed by atoms with Crippen LogP contribution in [0.2, 0.25) is 0 Å². The third kappa shape index (κ3) is 3.23. The van der Waals surface area contributed by atoms with Crippen molar-refractivity contribution in [3.63, 3.8) is 0 Å². The molecule has 0 aliphatic carbocycles. The van der Waals surface area contributed by atoms with Crippen LogP contribution >= 0.6 is 0 Å². The molecule has 0 bridgehead atoms. The van der Waals surface area contributed by atoms with Crippen molar-refractivity contribution in [1.82, 2.24) is 0 Å². The second-order valence-electron chi connectivity index (χ2n) is 2.19. The third-order valence-corrected chi connectivity index (χ3v) is 1.37. The van der Waals surface area contributed by atoms with Gasteiger partial charge in [0.25, 0.3) is 0 Å². The summed E-state index contributed by atoms with van der Waals surface area (Å²) in [4.78, 5) is 4.06. The molecule has 0 aliphatic rings. The third-order valence-electron chi connectivity index (χ3n) is 1.37. The summed E-state index contributed by atoms with van der Waals surface area (Å²) in [5.41, 5.74) is 2.29. The van der Waals surface area contributed by atoms with Crippen molar-refractivity contribution in [3.05, 3.63) is 24.4 Å². The van der Waals surface area contributed by atoms with E-state index in [9.17, 15) is 0 Å². The largest absolute Gasteiger partial charge is 0.262 e. The van der Waals surface area contributed by atoms with Crippen LogP contribution in [0.15, 0.2) is 29.4 Å². The molecule has 0 amide bonds. The van der Waals surface area contributed by atoms with Crippen molar-refractivity contribution in [1.29, 1.82) is 0 Å². The van der Waals surface area contributed by atoms with Gasteiger partial charge in [0.05, 0.1) is 0 Å². The maximum absolute atomic E-state index is 4.06. The normalized spacial score (nSPS) is 13.5. The van der Waals surface area contributed by atoms with Gasteiger partial charge in [0.1, 0.15) is 0 Å². The van der Waals surface area contributed by atoms with E-state index in [2.05, 4.69) is 31.5 Å². The Bertz CT molecular complexity index is 164. The highest BCUT2D eigenvalue weighted by molar-refractivity contribution is 5.97. The van der Waals surface area contributed by atoms with Crippen LogP contribution in [0.4, 0.5) is 0 Å². The van der Waals surface area contributed by atoms with Gasteiger partial charge in [-0.1, -0.05) is 19.6 Å². The van der Waals surface area contributed by atoms with Crippen molar-refractivity contribution in [2.45, 2.75) is 27.2 Å². The van der Waals surface area contributed by atoms with E-state index < -0.39 is 0 Å². The molecule has 0 radical (unpaired) electrons. The summed E-state index contributed by atoms with van der Waals surface area (Å²) in [5, 5.41) is 0. The van der Waals surface area contributed by atoms with Gasteiger partial charge in [-0.3, -0.25) is 4.99 Å². The minimum atomic E-state index is 1.05. The zero-order valence-corrected chi connectivity index (χ0v) is 7.02. The van der Waals surface area contributed by atoms with Gasteiger partial charge >= 0.3 is 0 Å². The first-order valence-corrected chi connectivity index (χ1v) is 3.54. The molecule has 10 heavy (non-hydrogen) atoms. The minimum absolute atomic E-state index is 1.05. The molecule has 0 rings (SSSR count). The van der Waals surface area contributed by atoms with E-state index in [0.29, 0.717) is 0 Å². The Morgan fingerprint density at radius 1 is 1.50 bits per heavy atom. The molecule has 0 unspecified atom stereocenters. The predicted molar refractivity (Wildman–Crippen MR) is 47.4 cm³/mol. The fourth-order valence-electron chi connectivity index (χ4n) is 0.693. The number of allylic oxidation sites excluding steroid dienone is 2. The highest BCUT2D eigenvalue weighted by atomic mass is 14.7. The Kier molecular flexibility index (Phi) is 4.55. The molecule has 0 aromatic rings. The van der Waals surface area contributed by atoms with Crippen LogP contribution in [0.1, 0.15) is 27.2 Å². The maximum atomic E-state index is 4.06. The van der Waals surface area contributed by atoms with E-state index in [1.807, 2.05) is 6.92 Å². The number of hydrogen-bond donors (Lipinski definition) is 0. The lowest BCUT2D eigenvalue weighted by atomic mass is 10.2. The highest BCUT2D eigenvalue weighted by Gasteiger charge is 1.89. The van der Waals surface area contributed by atoms with Crippen LogP contribution < -0.4 is 0 Å². The standard InChI is InChI=1S/C9H15N/c1-5-7-8(3)9(4)10-6-2/h6-7H,2,5H2,1,3-4H3/b8-7-,10-9?. The average Bonchev–Trinajstić information content (AvgIpc) is 1.89.